The second kappa shape index (κ2) is 6.86. The predicted molar refractivity (Wildman–Crippen MR) is 87.1 cm³/mol. The molecule has 2 heterocycles. The first-order valence-corrected chi connectivity index (χ1v) is 7.91. The average Bonchev–Trinajstić information content (AvgIpc) is 3.17. The van der Waals surface area contributed by atoms with Crippen LogP contribution < -0.4 is 5.32 Å². The van der Waals surface area contributed by atoms with E-state index < -0.39 is 0 Å². The summed E-state index contributed by atoms with van der Waals surface area (Å²) >= 11 is 7.19. The summed E-state index contributed by atoms with van der Waals surface area (Å²) in [5.41, 5.74) is 2.11. The molecule has 1 aromatic carbocycles. The lowest BCUT2D eigenvalue weighted by molar-refractivity contribution is -0.116. The third kappa shape index (κ3) is 3.92. The molecule has 9 heteroatoms. The van der Waals surface area contributed by atoms with Gasteiger partial charge >= 0.3 is 0 Å². The molecule has 0 spiro atoms. The Bertz CT molecular complexity index is 815. The Kier molecular flexibility index (Phi) is 4.65. The fourth-order valence-electron chi connectivity index (χ4n) is 1.88. The zero-order valence-electron chi connectivity index (χ0n) is 11.8. The lowest BCUT2D eigenvalue weighted by Crippen LogP contribution is -2.19. The van der Waals surface area contributed by atoms with Crippen molar-refractivity contribution in [3.63, 3.8) is 0 Å². The quantitative estimate of drug-likeness (QED) is 0.736. The number of halogens is 1. The summed E-state index contributed by atoms with van der Waals surface area (Å²) in [7, 11) is 0. The number of nitrogens with zero attached hydrogens (tertiary/aromatic N) is 4. The van der Waals surface area contributed by atoms with Gasteiger partial charge in [-0.3, -0.25) is 4.79 Å². The first-order valence-electron chi connectivity index (χ1n) is 6.65. The molecule has 0 radical (unpaired) electrons. The SMILES string of the molecule is O=C(Cn1cc(CO)nn1)Nc1nc(-c2ccc(Cl)cc2)cs1. The Balaban J connectivity index is 1.64. The summed E-state index contributed by atoms with van der Waals surface area (Å²) in [5, 5.41) is 22.1. The number of carbonyl (C=O) groups is 1. The van der Waals surface area contributed by atoms with Crippen LogP contribution in [0.25, 0.3) is 11.3 Å². The van der Waals surface area contributed by atoms with E-state index in [1.807, 2.05) is 17.5 Å². The molecule has 0 aliphatic heterocycles. The maximum absolute atomic E-state index is 12.0. The minimum absolute atomic E-state index is 0.00284. The number of hydrogen-bond acceptors (Lipinski definition) is 6. The van der Waals surface area contributed by atoms with Crippen molar-refractivity contribution in [2.24, 2.45) is 0 Å². The van der Waals surface area contributed by atoms with Crippen molar-refractivity contribution in [1.29, 1.82) is 0 Å². The summed E-state index contributed by atoms with van der Waals surface area (Å²) in [5.74, 6) is -0.267. The van der Waals surface area contributed by atoms with Gasteiger partial charge in [-0.2, -0.15) is 0 Å². The van der Waals surface area contributed by atoms with Gasteiger partial charge in [0.25, 0.3) is 0 Å². The van der Waals surface area contributed by atoms with Crippen LogP contribution in [-0.4, -0.2) is 31.0 Å². The van der Waals surface area contributed by atoms with E-state index >= 15 is 0 Å². The van der Waals surface area contributed by atoms with Gasteiger partial charge in [0.1, 0.15) is 12.2 Å². The Labute approximate surface area is 140 Å². The zero-order valence-corrected chi connectivity index (χ0v) is 13.4. The van der Waals surface area contributed by atoms with E-state index in [9.17, 15) is 4.79 Å². The monoisotopic (exact) mass is 349 g/mol. The molecule has 2 N–H and O–H groups in total. The van der Waals surface area contributed by atoms with Crippen molar-refractivity contribution >= 4 is 34.0 Å². The van der Waals surface area contributed by atoms with Crippen LogP contribution in [-0.2, 0) is 17.9 Å². The highest BCUT2D eigenvalue weighted by atomic mass is 35.5. The van der Waals surface area contributed by atoms with Gasteiger partial charge in [0.15, 0.2) is 5.13 Å². The van der Waals surface area contributed by atoms with Crippen LogP contribution >= 0.6 is 22.9 Å². The van der Waals surface area contributed by atoms with Crippen LogP contribution in [0.5, 0.6) is 0 Å². The van der Waals surface area contributed by atoms with E-state index in [0.29, 0.717) is 15.8 Å². The zero-order chi connectivity index (χ0) is 16.2. The Hall–Kier alpha value is -2.29. The van der Waals surface area contributed by atoms with Gasteiger partial charge in [-0.15, -0.1) is 16.4 Å². The van der Waals surface area contributed by atoms with Crippen molar-refractivity contribution in [3.8, 4) is 11.3 Å². The van der Waals surface area contributed by atoms with Crippen molar-refractivity contribution in [1.82, 2.24) is 20.0 Å². The minimum atomic E-state index is -0.267. The molecule has 0 bridgehead atoms. The fourth-order valence-corrected chi connectivity index (χ4v) is 2.74. The molecule has 23 heavy (non-hydrogen) atoms. The number of rotatable bonds is 5. The van der Waals surface area contributed by atoms with Crippen LogP contribution in [0.2, 0.25) is 5.02 Å². The number of aromatic nitrogens is 4. The van der Waals surface area contributed by atoms with E-state index in [-0.39, 0.29) is 19.1 Å². The van der Waals surface area contributed by atoms with Gasteiger partial charge in [-0.1, -0.05) is 28.9 Å². The first kappa shape index (κ1) is 15.6. The highest BCUT2D eigenvalue weighted by Gasteiger charge is 2.10. The van der Waals surface area contributed by atoms with E-state index in [1.54, 1.807) is 12.1 Å². The summed E-state index contributed by atoms with van der Waals surface area (Å²) in [6.45, 7) is -0.207. The standard InChI is InChI=1S/C14H12ClN5O2S/c15-10-3-1-9(2-4-10)12-8-23-14(16-12)17-13(22)6-20-5-11(7-21)18-19-20/h1-5,8,21H,6-7H2,(H,16,17,22). The van der Waals surface area contributed by atoms with Gasteiger partial charge < -0.3 is 10.4 Å². The Morgan fingerprint density at radius 2 is 2.13 bits per heavy atom. The summed E-state index contributed by atoms with van der Waals surface area (Å²) < 4.78 is 1.36. The molecule has 0 atom stereocenters. The number of carbonyl (C=O) groups excluding carboxylic acids is 1. The third-order valence-corrected chi connectivity index (χ3v) is 3.95. The van der Waals surface area contributed by atoms with Gasteiger partial charge in [-0.25, -0.2) is 9.67 Å². The highest BCUT2D eigenvalue weighted by molar-refractivity contribution is 7.14. The molecule has 3 rings (SSSR count). The largest absolute Gasteiger partial charge is 0.390 e. The summed E-state index contributed by atoms with van der Waals surface area (Å²) in [6.07, 6.45) is 1.51. The second-order valence-electron chi connectivity index (χ2n) is 4.66. The normalized spacial score (nSPS) is 10.7. The Morgan fingerprint density at radius 1 is 1.35 bits per heavy atom. The van der Waals surface area contributed by atoms with E-state index in [2.05, 4.69) is 20.6 Å². The molecule has 0 aliphatic carbocycles. The molecule has 7 nitrogen and oxygen atoms in total. The van der Waals surface area contributed by atoms with Crippen molar-refractivity contribution in [2.45, 2.75) is 13.2 Å². The van der Waals surface area contributed by atoms with E-state index in [0.717, 1.165) is 11.3 Å². The van der Waals surface area contributed by atoms with Gasteiger partial charge in [0, 0.05) is 16.0 Å². The number of nitrogens with one attached hydrogen (secondary N) is 1. The number of amides is 1. The molecular weight excluding hydrogens is 338 g/mol. The van der Waals surface area contributed by atoms with Crippen LogP contribution in [0, 0.1) is 0 Å². The molecular formula is C14H12ClN5O2S. The Morgan fingerprint density at radius 3 is 2.83 bits per heavy atom. The topological polar surface area (TPSA) is 92.9 Å². The van der Waals surface area contributed by atoms with Crippen molar-refractivity contribution in [3.05, 3.63) is 46.6 Å². The van der Waals surface area contributed by atoms with Crippen LogP contribution in [0.15, 0.2) is 35.8 Å². The molecule has 0 saturated heterocycles. The maximum Gasteiger partial charge on any atom is 0.247 e. The number of benzene rings is 1. The third-order valence-electron chi connectivity index (χ3n) is 2.94. The lowest BCUT2D eigenvalue weighted by Gasteiger charge is -2.01. The molecule has 1 amide bonds. The van der Waals surface area contributed by atoms with E-state index in [4.69, 9.17) is 16.7 Å². The molecule has 3 aromatic rings. The molecule has 0 fully saturated rings. The van der Waals surface area contributed by atoms with Crippen LogP contribution in [0.1, 0.15) is 5.69 Å². The van der Waals surface area contributed by atoms with E-state index in [1.165, 1.54) is 22.2 Å². The summed E-state index contributed by atoms with van der Waals surface area (Å²) in [6, 6.07) is 7.32. The number of aliphatic hydroxyl groups excluding tert-OH is 1. The smallest absolute Gasteiger partial charge is 0.247 e. The van der Waals surface area contributed by atoms with Gasteiger partial charge in [0.05, 0.1) is 18.5 Å². The van der Waals surface area contributed by atoms with Crippen LogP contribution in [0.4, 0.5) is 5.13 Å². The maximum atomic E-state index is 12.0. The van der Waals surface area contributed by atoms with Gasteiger partial charge in [0.2, 0.25) is 5.91 Å². The van der Waals surface area contributed by atoms with Crippen LogP contribution in [0.3, 0.4) is 0 Å². The number of aliphatic hydroxyl groups is 1. The highest BCUT2D eigenvalue weighted by Crippen LogP contribution is 2.25. The molecule has 2 aromatic heterocycles. The fraction of sp³-hybridized carbons (Fsp3) is 0.143. The molecule has 0 aliphatic rings. The lowest BCUT2D eigenvalue weighted by atomic mass is 10.2. The average molecular weight is 350 g/mol. The minimum Gasteiger partial charge on any atom is -0.390 e. The van der Waals surface area contributed by atoms with Crippen molar-refractivity contribution < 1.29 is 9.90 Å². The second-order valence-corrected chi connectivity index (χ2v) is 5.95. The first-order chi connectivity index (χ1) is 11.1. The number of anilines is 1. The summed E-state index contributed by atoms with van der Waals surface area (Å²) in [4.78, 5) is 16.3. The van der Waals surface area contributed by atoms with Gasteiger partial charge in [-0.05, 0) is 12.1 Å². The molecule has 0 unspecified atom stereocenters. The van der Waals surface area contributed by atoms with Crippen molar-refractivity contribution in [2.75, 3.05) is 5.32 Å². The number of thiazole rings is 1. The number of hydrogen-bond donors (Lipinski definition) is 2. The molecule has 118 valence electrons. The predicted octanol–water partition coefficient (Wildman–Crippen LogP) is 2.19. The molecule has 0 saturated carbocycles.